The first kappa shape index (κ1) is 12.9. The Bertz CT molecular complexity index is 200. The van der Waals surface area contributed by atoms with Gasteiger partial charge in [-0.2, -0.15) is 4.41 Å². The minimum Gasteiger partial charge on any atom is -0.449 e. The minimum atomic E-state index is -0.685. The molecule has 0 bridgehead atoms. The van der Waals surface area contributed by atoms with Crippen LogP contribution in [0.2, 0.25) is 0 Å². The second-order valence-electron chi connectivity index (χ2n) is 2.01. The van der Waals surface area contributed by atoms with E-state index in [4.69, 9.17) is 0 Å². The average Bonchev–Trinajstić information content (AvgIpc) is 2.15. The van der Waals surface area contributed by atoms with Gasteiger partial charge < -0.3 is 9.47 Å². The Morgan fingerprint density at radius 1 is 1.29 bits per heavy atom. The number of hydrazine groups is 1. The summed E-state index contributed by atoms with van der Waals surface area (Å²) in [5.41, 5.74) is 2.21. The number of nitrogens with zero attached hydrogens (tertiary/aromatic N) is 1. The maximum Gasteiger partial charge on any atom is 0.439 e. The summed E-state index contributed by atoms with van der Waals surface area (Å²) in [6.07, 6.45) is 0.311. The first-order chi connectivity index (χ1) is 6.65. The van der Waals surface area contributed by atoms with Crippen molar-refractivity contribution >= 4 is 24.1 Å². The second kappa shape index (κ2) is 7.31. The predicted octanol–water partition coefficient (Wildman–Crippen LogP) is 1.38. The third kappa shape index (κ3) is 4.80. The molecule has 0 heterocycles. The molecule has 0 spiro atoms. The molecular weight excluding hydrogens is 208 g/mol. The lowest BCUT2D eigenvalue weighted by Crippen LogP contribution is -2.41. The standard InChI is InChI=1S/C7H14N2O4S/c1-4-12-6(10)8-9(14-3)7(11)13-5-2/h4-5H2,1-3H3,(H,8,10). The molecular formula is C7H14N2O4S. The molecule has 14 heavy (non-hydrogen) atoms. The van der Waals surface area contributed by atoms with E-state index in [1.54, 1.807) is 20.1 Å². The minimum absolute atomic E-state index is 0.247. The van der Waals surface area contributed by atoms with Crippen LogP contribution in [0.4, 0.5) is 9.59 Å². The lowest BCUT2D eigenvalue weighted by atomic mass is 10.9. The van der Waals surface area contributed by atoms with Crippen LogP contribution < -0.4 is 5.43 Å². The van der Waals surface area contributed by atoms with Gasteiger partial charge in [0.2, 0.25) is 0 Å². The van der Waals surface area contributed by atoms with Gasteiger partial charge in [-0.15, -0.1) is 0 Å². The van der Waals surface area contributed by atoms with Gasteiger partial charge in [0.15, 0.2) is 0 Å². The molecule has 0 rings (SSSR count). The van der Waals surface area contributed by atoms with Gasteiger partial charge in [0.05, 0.1) is 13.2 Å². The fraction of sp³-hybridized carbons (Fsp3) is 0.714. The Morgan fingerprint density at radius 2 is 1.86 bits per heavy atom. The lowest BCUT2D eigenvalue weighted by molar-refractivity contribution is 0.106. The van der Waals surface area contributed by atoms with Crippen molar-refractivity contribution in [1.29, 1.82) is 0 Å². The molecule has 2 amide bonds. The van der Waals surface area contributed by atoms with Crippen molar-refractivity contribution in [2.24, 2.45) is 0 Å². The molecule has 0 radical (unpaired) electrons. The summed E-state index contributed by atoms with van der Waals surface area (Å²) in [6, 6.07) is 0. The van der Waals surface area contributed by atoms with Gasteiger partial charge in [0.25, 0.3) is 0 Å². The van der Waals surface area contributed by atoms with Gasteiger partial charge in [0, 0.05) is 6.26 Å². The van der Waals surface area contributed by atoms with Crippen LogP contribution in [0.5, 0.6) is 0 Å². The molecule has 0 fully saturated rings. The van der Waals surface area contributed by atoms with E-state index in [2.05, 4.69) is 14.9 Å². The molecule has 0 unspecified atom stereocenters. The van der Waals surface area contributed by atoms with Crippen LogP contribution >= 0.6 is 11.9 Å². The molecule has 0 aliphatic heterocycles. The number of carbonyl (C=O) groups excluding carboxylic acids is 2. The van der Waals surface area contributed by atoms with E-state index in [9.17, 15) is 9.59 Å². The smallest absolute Gasteiger partial charge is 0.439 e. The van der Waals surface area contributed by atoms with Crippen molar-refractivity contribution in [1.82, 2.24) is 9.84 Å². The van der Waals surface area contributed by atoms with E-state index in [0.29, 0.717) is 0 Å². The normalized spacial score (nSPS) is 9.07. The van der Waals surface area contributed by atoms with Crippen molar-refractivity contribution < 1.29 is 19.1 Å². The highest BCUT2D eigenvalue weighted by molar-refractivity contribution is 7.96. The van der Waals surface area contributed by atoms with Crippen LogP contribution in [-0.2, 0) is 9.47 Å². The van der Waals surface area contributed by atoms with Crippen molar-refractivity contribution in [3.8, 4) is 0 Å². The Balaban J connectivity index is 4.01. The molecule has 0 aliphatic carbocycles. The van der Waals surface area contributed by atoms with Crippen LogP contribution in [-0.4, -0.2) is 36.1 Å². The maximum absolute atomic E-state index is 11.1. The molecule has 0 aromatic carbocycles. The Morgan fingerprint density at radius 3 is 2.29 bits per heavy atom. The Labute approximate surface area is 87.0 Å². The van der Waals surface area contributed by atoms with Crippen molar-refractivity contribution in [2.45, 2.75) is 13.8 Å². The molecule has 82 valence electrons. The zero-order valence-corrected chi connectivity index (χ0v) is 9.22. The van der Waals surface area contributed by atoms with Crippen LogP contribution in [0, 0.1) is 0 Å². The highest BCUT2D eigenvalue weighted by atomic mass is 32.2. The largest absolute Gasteiger partial charge is 0.449 e. The number of hydrogen-bond acceptors (Lipinski definition) is 5. The van der Waals surface area contributed by atoms with Gasteiger partial charge in [-0.05, 0) is 25.8 Å². The molecule has 0 aromatic rings. The van der Waals surface area contributed by atoms with E-state index in [1.807, 2.05) is 0 Å². The molecule has 7 heteroatoms. The number of amides is 2. The summed E-state index contributed by atoms with van der Waals surface area (Å²) < 4.78 is 10.2. The third-order valence-corrected chi connectivity index (χ3v) is 1.69. The Kier molecular flexibility index (Phi) is 6.73. The topological polar surface area (TPSA) is 67.9 Å². The summed E-state index contributed by atoms with van der Waals surface area (Å²) in [7, 11) is 0. The van der Waals surface area contributed by atoms with Gasteiger partial charge >= 0.3 is 12.2 Å². The molecule has 0 atom stereocenters. The third-order valence-electron chi connectivity index (χ3n) is 1.08. The first-order valence-corrected chi connectivity index (χ1v) is 5.28. The van der Waals surface area contributed by atoms with Gasteiger partial charge in [-0.3, -0.25) is 0 Å². The maximum atomic E-state index is 11.1. The average molecular weight is 222 g/mol. The number of nitrogens with one attached hydrogen (secondary N) is 1. The Hall–Kier alpha value is -1.11. The van der Waals surface area contributed by atoms with E-state index in [0.717, 1.165) is 16.4 Å². The van der Waals surface area contributed by atoms with Gasteiger partial charge in [-0.1, -0.05) is 0 Å². The van der Waals surface area contributed by atoms with Gasteiger partial charge in [-0.25, -0.2) is 15.0 Å². The van der Waals surface area contributed by atoms with E-state index < -0.39 is 12.2 Å². The number of rotatable bonds is 3. The molecule has 1 N–H and O–H groups in total. The molecule has 0 aliphatic rings. The molecule has 0 saturated carbocycles. The van der Waals surface area contributed by atoms with Crippen LogP contribution in [0.25, 0.3) is 0 Å². The van der Waals surface area contributed by atoms with Crippen molar-refractivity contribution in [3.05, 3.63) is 0 Å². The van der Waals surface area contributed by atoms with Gasteiger partial charge in [0.1, 0.15) is 0 Å². The highest BCUT2D eigenvalue weighted by Gasteiger charge is 2.16. The van der Waals surface area contributed by atoms with E-state index in [-0.39, 0.29) is 13.2 Å². The molecule has 0 aromatic heterocycles. The fourth-order valence-electron chi connectivity index (χ4n) is 0.594. The quantitative estimate of drug-likeness (QED) is 0.577. The van der Waals surface area contributed by atoms with Crippen molar-refractivity contribution in [2.75, 3.05) is 19.5 Å². The molecule has 0 saturated heterocycles. The first-order valence-electron chi connectivity index (χ1n) is 4.10. The number of carbonyl (C=O) groups is 2. The highest BCUT2D eigenvalue weighted by Crippen LogP contribution is 2.03. The summed E-state index contributed by atoms with van der Waals surface area (Å²) in [5, 5.41) is 0. The number of hydrogen-bond donors (Lipinski definition) is 1. The van der Waals surface area contributed by atoms with E-state index in [1.165, 1.54) is 0 Å². The lowest BCUT2D eigenvalue weighted by Gasteiger charge is -2.18. The molecule has 6 nitrogen and oxygen atoms in total. The predicted molar refractivity (Wildman–Crippen MR) is 52.5 cm³/mol. The second-order valence-corrected chi connectivity index (χ2v) is 2.74. The van der Waals surface area contributed by atoms with Crippen molar-refractivity contribution in [3.63, 3.8) is 0 Å². The summed E-state index contributed by atoms with van der Waals surface area (Å²) >= 11 is 1.02. The monoisotopic (exact) mass is 222 g/mol. The zero-order valence-electron chi connectivity index (χ0n) is 8.40. The van der Waals surface area contributed by atoms with Crippen LogP contribution in [0.1, 0.15) is 13.8 Å². The summed E-state index contributed by atoms with van der Waals surface area (Å²) in [6.45, 7) is 3.85. The fourth-order valence-corrected chi connectivity index (χ4v) is 0.962. The van der Waals surface area contributed by atoms with Crippen LogP contribution in [0.3, 0.4) is 0 Å². The zero-order chi connectivity index (χ0) is 11.0. The SMILES string of the molecule is CCOC(=O)NN(SC)C(=O)OCC. The van der Waals surface area contributed by atoms with Crippen LogP contribution in [0.15, 0.2) is 0 Å². The van der Waals surface area contributed by atoms with E-state index >= 15 is 0 Å². The summed E-state index contributed by atoms with van der Waals surface area (Å²) in [5.74, 6) is 0. The number of ether oxygens (including phenoxy) is 2. The summed E-state index contributed by atoms with van der Waals surface area (Å²) in [4.78, 5) is 22.1.